The van der Waals surface area contributed by atoms with Gasteiger partial charge in [0.05, 0.1) is 17.2 Å². The molecule has 0 saturated carbocycles. The second kappa shape index (κ2) is 6.77. The Labute approximate surface area is 191 Å². The van der Waals surface area contributed by atoms with Gasteiger partial charge in [0.15, 0.2) is 5.78 Å². The molecule has 1 fully saturated rings. The molecule has 0 aliphatic carbocycles. The number of likely N-dealkylation sites (N-methyl/N-ethyl adjacent to an activating group) is 1. The molecule has 0 unspecified atom stereocenters. The molecule has 33 heavy (non-hydrogen) atoms. The molecule has 3 aliphatic rings. The molecule has 0 radical (unpaired) electrons. The lowest BCUT2D eigenvalue weighted by atomic mass is 9.57. The molecule has 3 aliphatic heterocycles. The van der Waals surface area contributed by atoms with Gasteiger partial charge in [-0.15, -0.1) is 0 Å². The molecule has 1 N–H and O–H groups in total. The molecule has 0 aromatic heterocycles. The summed E-state index contributed by atoms with van der Waals surface area (Å²) in [5.74, 6) is -0.0651. The van der Waals surface area contributed by atoms with Gasteiger partial charge in [-0.2, -0.15) is 5.26 Å². The Kier molecular flexibility index (Phi) is 4.05. The van der Waals surface area contributed by atoms with Crippen LogP contribution in [0, 0.1) is 16.7 Å². The van der Waals surface area contributed by atoms with Crippen molar-refractivity contribution in [3.63, 3.8) is 0 Å². The third-order valence-corrected chi connectivity index (χ3v) is 7.60. The van der Waals surface area contributed by atoms with E-state index in [4.69, 9.17) is 4.74 Å². The van der Waals surface area contributed by atoms with Gasteiger partial charge in [0.25, 0.3) is 5.91 Å². The third-order valence-electron chi connectivity index (χ3n) is 7.60. The number of anilines is 1. The van der Waals surface area contributed by atoms with Crippen LogP contribution in [0.25, 0.3) is 0 Å². The molecule has 3 aromatic carbocycles. The largest absolute Gasteiger partial charge is 0.492 e. The summed E-state index contributed by atoms with van der Waals surface area (Å²) in [4.78, 5) is 30.3. The number of Topliss-reactive ketones (excluding diaryl/α,β-unsaturated/α-hetero) is 1. The van der Waals surface area contributed by atoms with Crippen LogP contribution in [-0.2, 0) is 10.3 Å². The van der Waals surface area contributed by atoms with E-state index in [0.717, 1.165) is 16.8 Å². The minimum Gasteiger partial charge on any atom is -0.492 e. The van der Waals surface area contributed by atoms with Crippen molar-refractivity contribution >= 4 is 17.4 Å². The van der Waals surface area contributed by atoms with Gasteiger partial charge in [0, 0.05) is 23.7 Å². The Morgan fingerprint density at radius 1 is 1.03 bits per heavy atom. The summed E-state index contributed by atoms with van der Waals surface area (Å²) in [5.41, 5.74) is 1.08. The summed E-state index contributed by atoms with van der Waals surface area (Å²) in [6.45, 7) is 0.574. The number of likely N-dealkylation sites (tertiary alicyclic amines) is 1. The number of nitrogens with zero attached hydrogens (tertiary/aromatic N) is 2. The Morgan fingerprint density at radius 3 is 2.55 bits per heavy atom. The van der Waals surface area contributed by atoms with E-state index in [-0.39, 0.29) is 24.2 Å². The maximum absolute atomic E-state index is 14.5. The van der Waals surface area contributed by atoms with Gasteiger partial charge < -0.3 is 10.1 Å². The maximum Gasteiger partial charge on any atom is 0.250 e. The number of hydrogen-bond acceptors (Lipinski definition) is 5. The highest BCUT2D eigenvalue weighted by molar-refractivity contribution is 6.15. The number of ether oxygens (including phenoxy) is 1. The highest BCUT2D eigenvalue weighted by Crippen LogP contribution is 2.64. The minimum atomic E-state index is -1.22. The zero-order chi connectivity index (χ0) is 22.8. The summed E-state index contributed by atoms with van der Waals surface area (Å²) >= 11 is 0. The first-order chi connectivity index (χ1) is 16.0. The number of fused-ring (bicyclic) bond motifs is 4. The fourth-order valence-electron chi connectivity index (χ4n) is 6.21. The monoisotopic (exact) mass is 435 g/mol. The topological polar surface area (TPSA) is 82.4 Å². The molecule has 1 amide bonds. The standard InChI is InChI=1S/C27H21N3O3/c1-30-15-21(18-12-10-17(14-28)11-13-18)26(16-33-23-9-5-2-6-19(23)24(26)31)27(30)20-7-3-4-8-22(20)29-25(27)32/h2-13,21H,15-16H2,1H3,(H,29,32)/t21-,26-,27-/m1/s1. The van der Waals surface area contributed by atoms with E-state index in [1.54, 1.807) is 24.3 Å². The van der Waals surface area contributed by atoms with E-state index >= 15 is 0 Å². The van der Waals surface area contributed by atoms with Crippen molar-refractivity contribution < 1.29 is 14.3 Å². The van der Waals surface area contributed by atoms with Crippen molar-refractivity contribution in [2.45, 2.75) is 11.5 Å². The normalized spacial score (nSPS) is 27.7. The van der Waals surface area contributed by atoms with Gasteiger partial charge >= 0.3 is 0 Å². The first-order valence-corrected chi connectivity index (χ1v) is 10.9. The zero-order valence-electron chi connectivity index (χ0n) is 18.0. The first kappa shape index (κ1) is 19.7. The average molecular weight is 435 g/mol. The number of amides is 1. The van der Waals surface area contributed by atoms with Gasteiger partial charge in [-0.05, 0) is 42.9 Å². The molecule has 3 atom stereocenters. The van der Waals surface area contributed by atoms with E-state index in [9.17, 15) is 14.9 Å². The predicted octanol–water partition coefficient (Wildman–Crippen LogP) is 3.70. The van der Waals surface area contributed by atoms with E-state index < -0.39 is 11.0 Å². The molecule has 3 aromatic rings. The van der Waals surface area contributed by atoms with Crippen LogP contribution in [0.5, 0.6) is 5.75 Å². The van der Waals surface area contributed by atoms with Gasteiger partial charge in [-0.25, -0.2) is 0 Å². The summed E-state index contributed by atoms with van der Waals surface area (Å²) in [5, 5.41) is 12.3. The molecule has 162 valence electrons. The molecule has 6 nitrogen and oxygen atoms in total. The molecule has 0 bridgehead atoms. The van der Waals surface area contributed by atoms with Crippen molar-refractivity contribution in [1.29, 1.82) is 5.26 Å². The molecular formula is C27H21N3O3. The Morgan fingerprint density at radius 2 is 1.76 bits per heavy atom. The van der Waals surface area contributed by atoms with Crippen LogP contribution in [0.15, 0.2) is 72.8 Å². The highest BCUT2D eigenvalue weighted by atomic mass is 16.5. The number of nitrogens with one attached hydrogen (secondary N) is 1. The number of carbonyl (C=O) groups is 2. The Bertz CT molecular complexity index is 1360. The molecule has 3 heterocycles. The summed E-state index contributed by atoms with van der Waals surface area (Å²) < 4.78 is 6.25. The smallest absolute Gasteiger partial charge is 0.250 e. The number of ketones is 1. The average Bonchev–Trinajstić information content (AvgIpc) is 3.30. The van der Waals surface area contributed by atoms with Crippen LogP contribution in [0.2, 0.25) is 0 Å². The summed E-state index contributed by atoms with van der Waals surface area (Å²) in [7, 11) is 1.90. The van der Waals surface area contributed by atoms with Crippen LogP contribution in [-0.4, -0.2) is 36.8 Å². The Balaban J connectivity index is 1.65. The lowest BCUT2D eigenvalue weighted by molar-refractivity contribution is -0.131. The zero-order valence-corrected chi connectivity index (χ0v) is 18.0. The third kappa shape index (κ3) is 2.30. The molecular weight excluding hydrogens is 414 g/mol. The first-order valence-electron chi connectivity index (χ1n) is 10.9. The molecule has 6 heteroatoms. The minimum absolute atomic E-state index is 0.0829. The number of nitriles is 1. The van der Waals surface area contributed by atoms with E-state index in [0.29, 0.717) is 23.4 Å². The lowest BCUT2D eigenvalue weighted by Crippen LogP contribution is -2.62. The predicted molar refractivity (Wildman–Crippen MR) is 122 cm³/mol. The van der Waals surface area contributed by atoms with E-state index in [1.165, 1.54) is 0 Å². The van der Waals surface area contributed by atoms with Crippen molar-refractivity contribution in [2.75, 3.05) is 25.5 Å². The van der Waals surface area contributed by atoms with Crippen molar-refractivity contribution in [1.82, 2.24) is 4.90 Å². The number of benzene rings is 3. The van der Waals surface area contributed by atoms with Crippen LogP contribution >= 0.6 is 0 Å². The van der Waals surface area contributed by atoms with Gasteiger partial charge in [-0.1, -0.05) is 42.5 Å². The maximum atomic E-state index is 14.5. The van der Waals surface area contributed by atoms with E-state index in [1.807, 2.05) is 60.5 Å². The lowest BCUT2D eigenvalue weighted by Gasteiger charge is -2.47. The van der Waals surface area contributed by atoms with Gasteiger partial charge in [-0.3, -0.25) is 14.5 Å². The molecule has 2 spiro atoms. The van der Waals surface area contributed by atoms with Crippen molar-refractivity contribution in [3.8, 4) is 11.8 Å². The number of para-hydroxylation sites is 2. The van der Waals surface area contributed by atoms with Crippen molar-refractivity contribution in [2.24, 2.45) is 5.41 Å². The van der Waals surface area contributed by atoms with Crippen LogP contribution in [0.4, 0.5) is 5.69 Å². The van der Waals surface area contributed by atoms with Crippen molar-refractivity contribution in [3.05, 3.63) is 95.1 Å². The molecule has 1 saturated heterocycles. The van der Waals surface area contributed by atoms with Gasteiger partial charge in [0.1, 0.15) is 23.3 Å². The summed E-state index contributed by atoms with van der Waals surface area (Å²) in [6.07, 6.45) is 0. The van der Waals surface area contributed by atoms with E-state index in [2.05, 4.69) is 11.4 Å². The fourth-order valence-corrected chi connectivity index (χ4v) is 6.21. The second-order valence-electron chi connectivity index (χ2n) is 8.96. The fraction of sp³-hybridized carbons (Fsp3) is 0.222. The number of hydrogen-bond donors (Lipinski definition) is 1. The van der Waals surface area contributed by atoms with Gasteiger partial charge in [0.2, 0.25) is 0 Å². The quantitative estimate of drug-likeness (QED) is 0.630. The number of rotatable bonds is 1. The molecule has 6 rings (SSSR count). The van der Waals surface area contributed by atoms with Crippen LogP contribution in [0.3, 0.4) is 0 Å². The SMILES string of the molecule is CN1C[C@H](c2ccc(C#N)cc2)[C@@]2(COc3ccccc3C2=O)[C@@]12C(=O)Nc1ccccc12. The van der Waals surface area contributed by atoms with Crippen LogP contribution in [0.1, 0.15) is 33.0 Å². The number of carbonyl (C=O) groups excluding carboxylic acids is 2. The Hall–Kier alpha value is -3.95. The second-order valence-corrected chi connectivity index (χ2v) is 8.96. The highest BCUT2D eigenvalue weighted by Gasteiger charge is 2.75. The van der Waals surface area contributed by atoms with Crippen LogP contribution < -0.4 is 10.1 Å². The summed E-state index contributed by atoms with van der Waals surface area (Å²) in [6, 6.07) is 24.3.